The van der Waals surface area contributed by atoms with Crippen molar-refractivity contribution in [1.82, 2.24) is 14.5 Å². The standard InChI is InChI=1S/C17H17FN4OS2/c1-11-15(16-19-8-9-22(16)2)25-17(20-11)21-14(23)7-10-24-13-6-4-3-5-12(13)18/h3-6,8-9H,7,10H2,1-2H3,(H,20,21,23). The largest absolute Gasteiger partial charge is 0.333 e. The fourth-order valence-corrected chi connectivity index (χ4v) is 4.15. The molecule has 8 heteroatoms. The quantitative estimate of drug-likeness (QED) is 0.658. The van der Waals surface area contributed by atoms with Crippen LogP contribution >= 0.6 is 23.1 Å². The number of amides is 1. The molecule has 0 aliphatic heterocycles. The summed E-state index contributed by atoms with van der Waals surface area (Å²) >= 11 is 2.73. The van der Waals surface area contributed by atoms with Crippen LogP contribution in [0.2, 0.25) is 0 Å². The number of aromatic nitrogens is 3. The van der Waals surface area contributed by atoms with E-state index in [1.165, 1.54) is 29.2 Å². The molecule has 3 rings (SSSR count). The van der Waals surface area contributed by atoms with Crippen LogP contribution in [0.25, 0.3) is 10.7 Å². The van der Waals surface area contributed by atoms with Crippen LogP contribution in [0.5, 0.6) is 0 Å². The van der Waals surface area contributed by atoms with Gasteiger partial charge in [0.05, 0.1) is 10.6 Å². The van der Waals surface area contributed by atoms with Crippen molar-refractivity contribution >= 4 is 34.1 Å². The van der Waals surface area contributed by atoms with Crippen molar-refractivity contribution < 1.29 is 9.18 Å². The second-order valence-corrected chi connectivity index (χ2v) is 7.51. The van der Waals surface area contributed by atoms with Crippen molar-refractivity contribution in [2.75, 3.05) is 11.1 Å². The first-order chi connectivity index (χ1) is 12.0. The predicted octanol–water partition coefficient (Wildman–Crippen LogP) is 4.11. The van der Waals surface area contributed by atoms with Gasteiger partial charge in [-0.3, -0.25) is 4.79 Å². The van der Waals surface area contributed by atoms with Gasteiger partial charge >= 0.3 is 0 Å². The second-order valence-electron chi connectivity index (χ2n) is 5.37. The first-order valence-electron chi connectivity index (χ1n) is 7.67. The minimum Gasteiger partial charge on any atom is -0.333 e. The zero-order valence-corrected chi connectivity index (χ0v) is 15.5. The Morgan fingerprint density at radius 1 is 1.40 bits per heavy atom. The van der Waals surface area contributed by atoms with Crippen LogP contribution in [0.3, 0.4) is 0 Å². The van der Waals surface area contributed by atoms with Crippen LogP contribution in [0.15, 0.2) is 41.6 Å². The Kier molecular flexibility index (Phi) is 5.50. The highest BCUT2D eigenvalue weighted by Gasteiger charge is 2.15. The number of thiazole rings is 1. The van der Waals surface area contributed by atoms with Gasteiger partial charge in [0.1, 0.15) is 5.82 Å². The van der Waals surface area contributed by atoms with E-state index < -0.39 is 0 Å². The summed E-state index contributed by atoms with van der Waals surface area (Å²) in [5.41, 5.74) is 0.829. The van der Waals surface area contributed by atoms with Crippen LogP contribution in [0, 0.1) is 12.7 Å². The molecule has 0 radical (unpaired) electrons. The first-order valence-corrected chi connectivity index (χ1v) is 9.47. The first kappa shape index (κ1) is 17.6. The molecular weight excluding hydrogens is 359 g/mol. The molecule has 0 saturated heterocycles. The molecule has 130 valence electrons. The van der Waals surface area contributed by atoms with Gasteiger partial charge in [-0.25, -0.2) is 14.4 Å². The number of nitrogens with one attached hydrogen (secondary N) is 1. The van der Waals surface area contributed by atoms with Gasteiger partial charge in [0.15, 0.2) is 11.0 Å². The van der Waals surface area contributed by atoms with E-state index in [0.29, 0.717) is 15.8 Å². The molecule has 3 aromatic rings. The Morgan fingerprint density at radius 2 is 2.20 bits per heavy atom. The van der Waals surface area contributed by atoms with Crippen LogP contribution in [0.1, 0.15) is 12.1 Å². The molecule has 0 aliphatic carbocycles. The van der Waals surface area contributed by atoms with Crippen molar-refractivity contribution in [3.63, 3.8) is 0 Å². The number of halogens is 1. The summed E-state index contributed by atoms with van der Waals surface area (Å²) in [5.74, 6) is 0.932. The van der Waals surface area contributed by atoms with Gasteiger partial charge in [-0.15, -0.1) is 11.8 Å². The maximum atomic E-state index is 13.5. The van der Waals surface area contributed by atoms with Crippen molar-refractivity contribution in [3.05, 3.63) is 48.2 Å². The highest BCUT2D eigenvalue weighted by Crippen LogP contribution is 2.31. The Bertz CT molecular complexity index is 890. The SMILES string of the molecule is Cc1nc(NC(=O)CCSc2ccccc2F)sc1-c1nccn1C. The molecule has 1 N–H and O–H groups in total. The van der Waals surface area contributed by atoms with Crippen molar-refractivity contribution in [2.24, 2.45) is 7.05 Å². The Labute approximate surface area is 153 Å². The van der Waals surface area contributed by atoms with Crippen molar-refractivity contribution in [1.29, 1.82) is 0 Å². The van der Waals surface area contributed by atoms with Gasteiger partial charge in [-0.05, 0) is 19.1 Å². The third kappa shape index (κ3) is 4.26. The Hall–Kier alpha value is -2.19. The number of hydrogen-bond donors (Lipinski definition) is 1. The highest BCUT2D eigenvalue weighted by atomic mass is 32.2. The molecule has 5 nitrogen and oxygen atoms in total. The molecule has 1 amide bonds. The topological polar surface area (TPSA) is 59.8 Å². The van der Waals surface area contributed by atoms with E-state index in [2.05, 4.69) is 15.3 Å². The fraction of sp³-hybridized carbons (Fsp3) is 0.235. The van der Waals surface area contributed by atoms with Gasteiger partial charge in [0.2, 0.25) is 5.91 Å². The van der Waals surface area contributed by atoms with Crippen LogP contribution < -0.4 is 5.32 Å². The van der Waals surface area contributed by atoms with E-state index in [1.807, 2.05) is 24.7 Å². The number of anilines is 1. The number of carbonyl (C=O) groups excluding carboxylic acids is 1. The monoisotopic (exact) mass is 376 g/mol. The lowest BCUT2D eigenvalue weighted by Gasteiger charge is -2.03. The minimum absolute atomic E-state index is 0.135. The summed E-state index contributed by atoms with van der Waals surface area (Å²) in [7, 11) is 1.92. The Balaban J connectivity index is 1.57. The lowest BCUT2D eigenvalue weighted by molar-refractivity contribution is -0.115. The summed E-state index contributed by atoms with van der Waals surface area (Å²) in [6.45, 7) is 1.89. The predicted molar refractivity (Wildman–Crippen MR) is 99.4 cm³/mol. The summed E-state index contributed by atoms with van der Waals surface area (Å²) < 4.78 is 15.5. The molecule has 0 aliphatic rings. The van der Waals surface area contributed by atoms with Gasteiger partial charge in [0.25, 0.3) is 0 Å². The minimum atomic E-state index is -0.261. The summed E-state index contributed by atoms with van der Waals surface area (Å²) in [6, 6.07) is 6.56. The molecule has 25 heavy (non-hydrogen) atoms. The van der Waals surface area contributed by atoms with E-state index in [4.69, 9.17) is 0 Å². The molecular formula is C17H17FN4OS2. The molecule has 1 aromatic carbocycles. The molecule has 0 saturated carbocycles. The average molecular weight is 376 g/mol. The van der Waals surface area contributed by atoms with E-state index in [0.717, 1.165) is 16.4 Å². The van der Waals surface area contributed by atoms with Crippen molar-refractivity contribution in [2.45, 2.75) is 18.2 Å². The van der Waals surface area contributed by atoms with E-state index in [9.17, 15) is 9.18 Å². The third-order valence-corrected chi connectivity index (χ3v) is 5.61. The van der Waals surface area contributed by atoms with Crippen LogP contribution in [0.4, 0.5) is 9.52 Å². The molecule has 0 atom stereocenters. The van der Waals surface area contributed by atoms with Crippen molar-refractivity contribution in [3.8, 4) is 10.7 Å². The zero-order chi connectivity index (χ0) is 17.8. The zero-order valence-electron chi connectivity index (χ0n) is 13.8. The van der Waals surface area contributed by atoms with E-state index in [1.54, 1.807) is 24.4 Å². The molecule has 0 fully saturated rings. The van der Waals surface area contributed by atoms with Gasteiger partial charge in [-0.2, -0.15) is 0 Å². The second kappa shape index (κ2) is 7.79. The smallest absolute Gasteiger partial charge is 0.226 e. The molecule has 0 spiro atoms. The summed E-state index contributed by atoms with van der Waals surface area (Å²) in [4.78, 5) is 22.3. The number of benzene rings is 1. The lowest BCUT2D eigenvalue weighted by Crippen LogP contribution is -2.11. The maximum Gasteiger partial charge on any atom is 0.226 e. The summed E-state index contributed by atoms with van der Waals surface area (Å²) in [5, 5.41) is 3.36. The van der Waals surface area contributed by atoms with E-state index >= 15 is 0 Å². The molecule has 0 unspecified atom stereocenters. The van der Waals surface area contributed by atoms with Crippen LogP contribution in [-0.2, 0) is 11.8 Å². The van der Waals surface area contributed by atoms with Crippen LogP contribution in [-0.4, -0.2) is 26.2 Å². The summed E-state index contributed by atoms with van der Waals surface area (Å²) in [6.07, 6.45) is 3.88. The third-order valence-electron chi connectivity index (χ3n) is 3.49. The Morgan fingerprint density at radius 3 is 2.92 bits per heavy atom. The number of imidazole rings is 1. The number of rotatable bonds is 6. The van der Waals surface area contributed by atoms with Gasteiger partial charge in [-0.1, -0.05) is 23.5 Å². The van der Waals surface area contributed by atoms with Gasteiger partial charge in [0, 0.05) is 36.5 Å². The van der Waals surface area contributed by atoms with Gasteiger partial charge < -0.3 is 9.88 Å². The number of hydrogen-bond acceptors (Lipinski definition) is 5. The number of aryl methyl sites for hydroxylation is 2. The maximum absolute atomic E-state index is 13.5. The highest BCUT2D eigenvalue weighted by molar-refractivity contribution is 7.99. The fourth-order valence-electron chi connectivity index (χ4n) is 2.24. The number of carbonyl (C=O) groups is 1. The number of nitrogens with zero attached hydrogens (tertiary/aromatic N) is 3. The molecule has 2 aromatic heterocycles. The molecule has 0 bridgehead atoms. The molecule has 2 heterocycles. The lowest BCUT2D eigenvalue weighted by atomic mass is 10.3. The van der Waals surface area contributed by atoms with E-state index in [-0.39, 0.29) is 18.1 Å². The normalized spacial score (nSPS) is 10.8. The number of thioether (sulfide) groups is 1. The average Bonchev–Trinajstić information content (AvgIpc) is 3.14.